The topological polar surface area (TPSA) is 72.7 Å². The molecule has 3 aromatic rings. The second-order valence-electron chi connectivity index (χ2n) is 5.40. The summed E-state index contributed by atoms with van der Waals surface area (Å²) in [6.07, 6.45) is 1.61. The number of hydrogen-bond acceptors (Lipinski definition) is 6. The van der Waals surface area contributed by atoms with E-state index in [0.29, 0.717) is 10.3 Å². The summed E-state index contributed by atoms with van der Waals surface area (Å²) in [5, 5.41) is 11.7. The van der Waals surface area contributed by atoms with Crippen LogP contribution in [-0.2, 0) is 11.8 Å². The van der Waals surface area contributed by atoms with Crippen LogP contribution in [0.15, 0.2) is 40.2 Å². The van der Waals surface area contributed by atoms with Crippen LogP contribution in [0.5, 0.6) is 0 Å². The van der Waals surface area contributed by atoms with Gasteiger partial charge in [0.1, 0.15) is 6.33 Å². The highest BCUT2D eigenvalue weighted by atomic mass is 79.9. The lowest BCUT2D eigenvalue weighted by Crippen LogP contribution is -2.22. The van der Waals surface area contributed by atoms with Gasteiger partial charge in [-0.25, -0.2) is 4.98 Å². The third-order valence-corrected chi connectivity index (χ3v) is 6.03. The Morgan fingerprint density at radius 2 is 2.08 bits per heavy atom. The van der Waals surface area contributed by atoms with Gasteiger partial charge in [-0.05, 0) is 26.0 Å². The number of carbonyl (C=O) groups excluding carboxylic acids is 1. The molecule has 0 aliphatic heterocycles. The monoisotopic (exact) mass is 437 g/mol. The molecule has 2 heterocycles. The molecule has 0 bridgehead atoms. The fraction of sp³-hybridized carbons (Fsp3) is 0.250. The summed E-state index contributed by atoms with van der Waals surface area (Å²) in [4.78, 5) is 18.1. The molecule has 1 unspecified atom stereocenters. The van der Waals surface area contributed by atoms with E-state index < -0.39 is 0 Å². The first-order valence-electron chi connectivity index (χ1n) is 7.49. The van der Waals surface area contributed by atoms with Crippen LogP contribution in [0.25, 0.3) is 11.3 Å². The maximum absolute atomic E-state index is 12.4. The van der Waals surface area contributed by atoms with Crippen LogP contribution in [-0.4, -0.2) is 30.9 Å². The smallest absolute Gasteiger partial charge is 0.239 e. The lowest BCUT2D eigenvalue weighted by molar-refractivity contribution is -0.115. The van der Waals surface area contributed by atoms with E-state index in [1.165, 1.54) is 23.1 Å². The number of carbonyl (C=O) groups is 1. The minimum absolute atomic E-state index is 0.107. The van der Waals surface area contributed by atoms with Crippen LogP contribution in [0, 0.1) is 6.92 Å². The lowest BCUT2D eigenvalue weighted by Gasteiger charge is -2.09. The van der Waals surface area contributed by atoms with Crippen molar-refractivity contribution in [1.29, 1.82) is 0 Å². The Bertz CT molecular complexity index is 890. The van der Waals surface area contributed by atoms with E-state index in [2.05, 4.69) is 36.4 Å². The molecule has 0 aliphatic rings. The number of hydrogen-bond donors (Lipinski definition) is 1. The molecule has 0 radical (unpaired) electrons. The van der Waals surface area contributed by atoms with Gasteiger partial charge < -0.3 is 9.88 Å². The van der Waals surface area contributed by atoms with Gasteiger partial charge in [-0.2, -0.15) is 0 Å². The van der Waals surface area contributed by atoms with Gasteiger partial charge in [0.25, 0.3) is 0 Å². The van der Waals surface area contributed by atoms with Crippen molar-refractivity contribution in [2.45, 2.75) is 24.3 Å². The Labute approximate surface area is 162 Å². The van der Waals surface area contributed by atoms with Crippen molar-refractivity contribution >= 4 is 50.1 Å². The Morgan fingerprint density at radius 3 is 2.72 bits per heavy atom. The predicted octanol–water partition coefficient (Wildman–Crippen LogP) is 4.13. The second kappa shape index (κ2) is 7.67. The zero-order valence-corrected chi connectivity index (χ0v) is 17.1. The van der Waals surface area contributed by atoms with Crippen LogP contribution >= 0.6 is 39.0 Å². The molecule has 2 aromatic heterocycles. The van der Waals surface area contributed by atoms with Gasteiger partial charge in [-0.1, -0.05) is 39.8 Å². The molecule has 6 nitrogen and oxygen atoms in total. The number of amides is 1. The molecule has 0 fully saturated rings. The predicted molar refractivity (Wildman–Crippen MR) is 105 cm³/mol. The molecular weight excluding hydrogens is 422 g/mol. The van der Waals surface area contributed by atoms with Crippen LogP contribution in [0.2, 0.25) is 0 Å². The van der Waals surface area contributed by atoms with Crippen molar-refractivity contribution in [2.24, 2.45) is 7.05 Å². The summed E-state index contributed by atoms with van der Waals surface area (Å²) < 4.78 is 2.81. The number of anilines is 1. The molecule has 130 valence electrons. The molecule has 1 N–H and O–H groups in total. The number of rotatable bonds is 5. The highest BCUT2D eigenvalue weighted by molar-refractivity contribution is 9.10. The fourth-order valence-corrected chi connectivity index (χ4v) is 4.02. The molecule has 0 spiro atoms. The minimum Gasteiger partial charge on any atom is -0.312 e. The number of thiazole rings is 1. The summed E-state index contributed by atoms with van der Waals surface area (Å²) >= 11 is 6.27. The molecule has 0 saturated heterocycles. The van der Waals surface area contributed by atoms with Crippen molar-refractivity contribution in [3.63, 3.8) is 0 Å². The lowest BCUT2D eigenvalue weighted by atomic mass is 10.1. The molecule has 1 atom stereocenters. The number of benzene rings is 1. The van der Waals surface area contributed by atoms with E-state index in [-0.39, 0.29) is 11.2 Å². The maximum Gasteiger partial charge on any atom is 0.239 e. The van der Waals surface area contributed by atoms with Crippen molar-refractivity contribution in [3.05, 3.63) is 39.9 Å². The summed E-state index contributed by atoms with van der Waals surface area (Å²) in [5.41, 5.74) is 1.92. The Balaban J connectivity index is 1.70. The van der Waals surface area contributed by atoms with E-state index in [4.69, 9.17) is 0 Å². The normalized spacial score (nSPS) is 12.2. The zero-order valence-electron chi connectivity index (χ0n) is 13.9. The number of nitrogens with one attached hydrogen (secondary N) is 1. The Morgan fingerprint density at radius 1 is 1.36 bits per heavy atom. The molecule has 3 rings (SSSR count). The van der Waals surface area contributed by atoms with Gasteiger partial charge in [0.05, 0.1) is 10.9 Å². The summed E-state index contributed by atoms with van der Waals surface area (Å²) in [5.74, 6) is -0.107. The molecule has 25 heavy (non-hydrogen) atoms. The quantitative estimate of drug-likeness (QED) is 0.607. The summed E-state index contributed by atoms with van der Waals surface area (Å²) in [6.45, 7) is 3.84. The Kier molecular flexibility index (Phi) is 5.55. The van der Waals surface area contributed by atoms with Crippen molar-refractivity contribution in [2.75, 3.05) is 5.32 Å². The molecule has 0 saturated carbocycles. The number of aromatic nitrogens is 4. The van der Waals surface area contributed by atoms with Gasteiger partial charge in [-0.15, -0.1) is 21.5 Å². The first-order chi connectivity index (χ1) is 11.9. The maximum atomic E-state index is 12.4. The zero-order chi connectivity index (χ0) is 18.0. The fourth-order valence-electron chi connectivity index (χ4n) is 2.12. The van der Waals surface area contributed by atoms with Crippen LogP contribution in [0.4, 0.5) is 5.13 Å². The van der Waals surface area contributed by atoms with Crippen molar-refractivity contribution in [1.82, 2.24) is 19.7 Å². The molecule has 1 aromatic carbocycles. The van der Waals surface area contributed by atoms with Gasteiger partial charge in [0.15, 0.2) is 10.3 Å². The highest BCUT2D eigenvalue weighted by Crippen LogP contribution is 2.31. The van der Waals surface area contributed by atoms with E-state index in [1.807, 2.05) is 45.2 Å². The Hall–Kier alpha value is -1.71. The average molecular weight is 438 g/mol. The van der Waals surface area contributed by atoms with Gasteiger partial charge in [-0.3, -0.25) is 4.79 Å². The molecule has 0 aliphatic carbocycles. The van der Waals surface area contributed by atoms with Gasteiger partial charge in [0.2, 0.25) is 5.91 Å². The van der Waals surface area contributed by atoms with Crippen LogP contribution in [0.3, 0.4) is 0 Å². The van der Waals surface area contributed by atoms with E-state index in [0.717, 1.165) is 20.6 Å². The molecular formula is C16H16BrN5OS2. The van der Waals surface area contributed by atoms with E-state index in [9.17, 15) is 4.79 Å². The van der Waals surface area contributed by atoms with E-state index in [1.54, 1.807) is 10.9 Å². The largest absolute Gasteiger partial charge is 0.312 e. The van der Waals surface area contributed by atoms with Gasteiger partial charge >= 0.3 is 0 Å². The standard InChI is InChI=1S/C16H16BrN5OS2/c1-9-13(11-4-6-12(17)7-5-11)19-15(24-9)20-14(23)10(2)25-16-21-18-8-22(16)3/h4-8,10H,1-3H3,(H,19,20,23). The van der Waals surface area contributed by atoms with Crippen molar-refractivity contribution < 1.29 is 4.79 Å². The third-order valence-electron chi connectivity index (χ3n) is 3.47. The molecule has 1 amide bonds. The summed E-state index contributed by atoms with van der Waals surface area (Å²) in [6, 6.07) is 7.96. The SMILES string of the molecule is Cc1sc(NC(=O)C(C)Sc2nncn2C)nc1-c1ccc(Br)cc1. The second-order valence-corrected chi connectivity index (χ2v) is 8.83. The number of nitrogens with zero attached hydrogens (tertiary/aromatic N) is 4. The average Bonchev–Trinajstić information content (AvgIpc) is 3.14. The number of halogens is 1. The first-order valence-corrected chi connectivity index (χ1v) is 9.98. The van der Waals surface area contributed by atoms with Crippen molar-refractivity contribution in [3.8, 4) is 11.3 Å². The third kappa shape index (κ3) is 4.28. The van der Waals surface area contributed by atoms with Crippen LogP contribution in [0.1, 0.15) is 11.8 Å². The minimum atomic E-state index is -0.303. The van der Waals surface area contributed by atoms with Gasteiger partial charge in [0, 0.05) is 22.0 Å². The number of aryl methyl sites for hydroxylation is 2. The number of thioether (sulfide) groups is 1. The van der Waals surface area contributed by atoms with Crippen LogP contribution < -0.4 is 5.32 Å². The first kappa shape index (κ1) is 18.1. The molecule has 9 heteroatoms. The van der Waals surface area contributed by atoms with E-state index >= 15 is 0 Å². The highest BCUT2D eigenvalue weighted by Gasteiger charge is 2.19. The summed E-state index contributed by atoms with van der Waals surface area (Å²) in [7, 11) is 1.85.